The van der Waals surface area contributed by atoms with E-state index >= 15 is 0 Å². The Kier molecular flexibility index (Phi) is 36.3. The molecule has 24 heteroatoms. The Morgan fingerprint density at radius 3 is 1.19 bits per heavy atom. The maximum absolute atomic E-state index is 3.98. The highest BCUT2D eigenvalue weighted by molar-refractivity contribution is 5.04. The maximum atomic E-state index is 3.98. The highest BCUT2D eigenvalue weighted by Gasteiger charge is 1.80. The first kappa shape index (κ1) is 62.1. The van der Waals surface area contributed by atoms with Crippen molar-refractivity contribution in [1.82, 2.24) is 120 Å². The summed E-state index contributed by atoms with van der Waals surface area (Å²) in [5.41, 5.74) is 6.15. The van der Waals surface area contributed by atoms with Gasteiger partial charge in [0.05, 0.1) is 35.8 Å². The van der Waals surface area contributed by atoms with Crippen LogP contribution in [0.15, 0.2) is 192 Å². The zero-order valence-electron chi connectivity index (χ0n) is 43.6. The van der Waals surface area contributed by atoms with E-state index in [1.165, 1.54) is 24.5 Å². The summed E-state index contributed by atoms with van der Waals surface area (Å²) in [6.07, 6.45) is 38.7. The zero-order valence-corrected chi connectivity index (χ0v) is 43.6. The van der Waals surface area contributed by atoms with Crippen LogP contribution in [0.2, 0.25) is 0 Å². The van der Waals surface area contributed by atoms with E-state index in [9.17, 15) is 0 Å². The highest BCUT2D eigenvalue weighted by Crippen LogP contribution is 1.89. The van der Waals surface area contributed by atoms with Crippen molar-refractivity contribution in [2.24, 2.45) is 21.1 Å². The van der Waals surface area contributed by atoms with Crippen molar-refractivity contribution < 1.29 is 0 Å². The molecule has 0 aliphatic heterocycles. The van der Waals surface area contributed by atoms with Crippen LogP contribution in [0.4, 0.5) is 0 Å². The van der Waals surface area contributed by atoms with Crippen LogP contribution >= 0.6 is 0 Å². The Labute approximate surface area is 432 Å². The van der Waals surface area contributed by atoms with E-state index in [-0.39, 0.29) is 0 Å². The Balaban J connectivity index is 0.000000407. The van der Waals surface area contributed by atoms with Gasteiger partial charge in [-0.1, -0.05) is 12.1 Å². The molecule has 0 unspecified atom stereocenters. The van der Waals surface area contributed by atoms with Gasteiger partial charge in [-0.05, 0) is 103 Å². The van der Waals surface area contributed by atoms with Gasteiger partial charge in [0, 0.05) is 114 Å². The molecule has 0 amide bonds. The van der Waals surface area contributed by atoms with E-state index in [1.807, 2.05) is 129 Å². The van der Waals surface area contributed by atoms with Crippen molar-refractivity contribution in [1.29, 1.82) is 0 Å². The van der Waals surface area contributed by atoms with Crippen molar-refractivity contribution in [3.63, 3.8) is 0 Å². The summed E-state index contributed by atoms with van der Waals surface area (Å²) in [6, 6.07) is 15.4. The summed E-state index contributed by atoms with van der Waals surface area (Å²) in [6.45, 7) is 15.3. The van der Waals surface area contributed by atoms with E-state index in [0.717, 1.165) is 34.2 Å². The number of aryl methyl sites for hydroxylation is 11. The van der Waals surface area contributed by atoms with Gasteiger partial charge in [-0.25, -0.2) is 39.9 Å². The van der Waals surface area contributed by atoms with Crippen LogP contribution in [-0.2, 0) is 21.1 Å². The standard InChI is InChI=1S/2C6H7N.4C5H6N2.2C4H5N3.C4H6N2.2C3H5N3/c1-6-3-2-4-7-5-6;1-6-4-2-3-5-7-6;1-5-2-6-4-7-3-5;1-5-4-6-2-3-7-5;1-5-6-3-2-4-7-5;1-5-3-2-4-6-7-5;1-4-2-5-3-6-7-4;1-4-5-2-3-6-7-4;1-6-3-2-5-4-6;1-6-2-4-5-3-6;1-6-3-4-2-5-6/h2*2-5H,1H3;4*2-4H,1H3;2*2-3H,1H3;2-4H,1H3;2*2-3H,1H3. The number of hydrogen-bond acceptors (Lipinski definition) is 21. The third-order valence-corrected chi connectivity index (χ3v) is 7.30. The summed E-state index contributed by atoms with van der Waals surface area (Å²) in [5.74, 6) is 1.53. The minimum atomic E-state index is 0.711. The summed E-state index contributed by atoms with van der Waals surface area (Å²) in [5, 5.41) is 32.5. The summed E-state index contributed by atoms with van der Waals surface area (Å²) in [4.78, 5) is 45.9. The molecule has 0 aromatic carbocycles. The molecular formula is C50H64N24. The lowest BCUT2D eigenvalue weighted by molar-refractivity contribution is 0.765. The van der Waals surface area contributed by atoms with Gasteiger partial charge in [-0.15, -0.1) is 20.4 Å². The van der Waals surface area contributed by atoms with Crippen LogP contribution in [0, 0.1) is 55.4 Å². The molecule has 384 valence electrons. The molecule has 11 heterocycles. The number of imidazole rings is 1. The Bertz CT molecular complexity index is 2260. The summed E-state index contributed by atoms with van der Waals surface area (Å²) < 4.78 is 5.31. The van der Waals surface area contributed by atoms with E-state index in [4.69, 9.17) is 0 Å². The second-order valence-electron chi connectivity index (χ2n) is 14.3. The SMILES string of the molecule is Cc1ccccn1.Cc1cccnc1.Cc1cccnn1.Cc1cnccn1.Cc1cncnc1.Cc1cncnn1.Cc1ncccn1.Cc1nccnn1.Cn1ccnc1.Cn1cncn1.Cn1cnnc1. The topological polar surface area (TPSA) is 285 Å². The van der Waals surface area contributed by atoms with Crippen LogP contribution in [-0.4, -0.2) is 120 Å². The van der Waals surface area contributed by atoms with E-state index in [2.05, 4.69) is 106 Å². The van der Waals surface area contributed by atoms with E-state index in [1.54, 1.807) is 134 Å². The molecule has 0 atom stereocenters. The van der Waals surface area contributed by atoms with Gasteiger partial charge in [0.1, 0.15) is 49.6 Å². The Morgan fingerprint density at radius 2 is 0.932 bits per heavy atom. The van der Waals surface area contributed by atoms with E-state index in [0.29, 0.717) is 5.82 Å². The molecule has 24 nitrogen and oxygen atoms in total. The molecule has 0 bridgehead atoms. The number of aromatic nitrogens is 24. The average Bonchev–Trinajstić information content (AvgIpc) is 4.24. The molecule has 0 spiro atoms. The third kappa shape index (κ3) is 41.1. The first-order chi connectivity index (χ1) is 35.8. The van der Waals surface area contributed by atoms with Crippen molar-refractivity contribution in [3.8, 4) is 0 Å². The molecular weight excluding hydrogens is 937 g/mol. The van der Waals surface area contributed by atoms with Crippen molar-refractivity contribution in [2.45, 2.75) is 55.4 Å². The molecule has 11 rings (SSSR count). The number of hydrogen-bond donors (Lipinski definition) is 0. The summed E-state index contributed by atoms with van der Waals surface area (Å²) >= 11 is 0. The van der Waals surface area contributed by atoms with Gasteiger partial charge >= 0.3 is 0 Å². The second kappa shape index (κ2) is 43.2. The normalized spacial score (nSPS) is 8.74. The fourth-order valence-corrected chi connectivity index (χ4v) is 3.87. The maximum Gasteiger partial charge on any atom is 0.147 e. The predicted octanol–water partition coefficient (Wildman–Crippen LogP) is 6.33. The van der Waals surface area contributed by atoms with Gasteiger partial charge in [0.2, 0.25) is 0 Å². The molecule has 0 radical (unpaired) electrons. The minimum Gasteiger partial charge on any atom is -0.341 e. The number of pyridine rings is 2. The van der Waals surface area contributed by atoms with Crippen LogP contribution in [0.3, 0.4) is 0 Å². The molecule has 0 fully saturated rings. The molecule has 0 N–H and O–H groups in total. The molecule has 11 aromatic rings. The van der Waals surface area contributed by atoms with Gasteiger partial charge in [0.15, 0.2) is 0 Å². The smallest absolute Gasteiger partial charge is 0.147 e. The lowest BCUT2D eigenvalue weighted by Crippen LogP contribution is -1.85. The van der Waals surface area contributed by atoms with E-state index < -0.39 is 0 Å². The van der Waals surface area contributed by atoms with Crippen molar-refractivity contribution in [2.75, 3.05) is 0 Å². The van der Waals surface area contributed by atoms with Crippen LogP contribution < -0.4 is 0 Å². The molecule has 11 aromatic heterocycles. The Hall–Kier alpha value is -9.87. The molecule has 0 saturated heterocycles. The van der Waals surface area contributed by atoms with Gasteiger partial charge in [-0.2, -0.15) is 25.5 Å². The van der Waals surface area contributed by atoms with Gasteiger partial charge in [-0.3, -0.25) is 24.6 Å². The second-order valence-corrected chi connectivity index (χ2v) is 14.3. The first-order valence-corrected chi connectivity index (χ1v) is 22.2. The lowest BCUT2D eigenvalue weighted by atomic mass is 10.3. The molecule has 0 saturated carbocycles. The number of nitrogens with zero attached hydrogens (tertiary/aromatic N) is 24. The minimum absolute atomic E-state index is 0.711. The van der Waals surface area contributed by atoms with Crippen LogP contribution in [0.1, 0.15) is 45.6 Å². The quantitative estimate of drug-likeness (QED) is 0.160. The summed E-state index contributed by atoms with van der Waals surface area (Å²) in [7, 11) is 5.64. The van der Waals surface area contributed by atoms with Crippen molar-refractivity contribution in [3.05, 3.63) is 238 Å². The lowest BCUT2D eigenvalue weighted by Gasteiger charge is -1.82. The fourth-order valence-electron chi connectivity index (χ4n) is 3.87. The zero-order chi connectivity index (χ0) is 54.1. The Morgan fingerprint density at radius 1 is 0.324 bits per heavy atom. The third-order valence-electron chi connectivity index (χ3n) is 7.30. The van der Waals surface area contributed by atoms with Crippen molar-refractivity contribution >= 4 is 0 Å². The van der Waals surface area contributed by atoms with Gasteiger partial charge in [0.25, 0.3) is 0 Å². The fraction of sp³-hybridized carbons (Fsp3) is 0.220. The molecule has 74 heavy (non-hydrogen) atoms. The van der Waals surface area contributed by atoms with Gasteiger partial charge < -0.3 is 9.13 Å². The highest BCUT2D eigenvalue weighted by atomic mass is 15.3. The average molecular weight is 1000 g/mol. The molecule has 0 aliphatic carbocycles. The predicted molar refractivity (Wildman–Crippen MR) is 279 cm³/mol. The largest absolute Gasteiger partial charge is 0.341 e. The number of rotatable bonds is 0. The monoisotopic (exact) mass is 1000 g/mol. The van der Waals surface area contributed by atoms with Crippen LogP contribution in [0.5, 0.6) is 0 Å². The first-order valence-electron chi connectivity index (χ1n) is 22.2. The van der Waals surface area contributed by atoms with Crippen LogP contribution in [0.25, 0.3) is 0 Å². The molecule has 0 aliphatic rings.